The van der Waals surface area contributed by atoms with Crippen molar-refractivity contribution in [3.8, 4) is 0 Å². The molecule has 1 saturated heterocycles. The molecule has 0 unspecified atom stereocenters. The van der Waals surface area contributed by atoms with Crippen molar-refractivity contribution in [2.75, 3.05) is 24.6 Å². The SMILES string of the molecule is O=C(OCC(=O)N1CCCc2ccccc21)[C@H]1CC(=O)N(Cc2ccco2)C1. The number of amides is 2. The summed E-state index contributed by atoms with van der Waals surface area (Å²) in [4.78, 5) is 40.3. The van der Waals surface area contributed by atoms with Crippen LogP contribution in [0.2, 0.25) is 0 Å². The zero-order chi connectivity index (χ0) is 19.5. The van der Waals surface area contributed by atoms with Crippen LogP contribution in [0.4, 0.5) is 5.69 Å². The van der Waals surface area contributed by atoms with Gasteiger partial charge in [-0.1, -0.05) is 18.2 Å². The molecule has 7 nitrogen and oxygen atoms in total. The minimum absolute atomic E-state index is 0.0975. The van der Waals surface area contributed by atoms with Crippen LogP contribution < -0.4 is 4.90 Å². The number of aryl methyl sites for hydroxylation is 1. The van der Waals surface area contributed by atoms with Gasteiger partial charge in [-0.2, -0.15) is 0 Å². The molecule has 3 heterocycles. The smallest absolute Gasteiger partial charge is 0.311 e. The molecule has 1 atom stereocenters. The Balaban J connectivity index is 1.31. The number of hydrogen-bond donors (Lipinski definition) is 0. The van der Waals surface area contributed by atoms with E-state index < -0.39 is 11.9 Å². The number of carbonyl (C=O) groups excluding carboxylic acids is 3. The van der Waals surface area contributed by atoms with E-state index in [1.54, 1.807) is 28.2 Å². The van der Waals surface area contributed by atoms with Crippen LogP contribution in [-0.4, -0.2) is 42.4 Å². The third kappa shape index (κ3) is 3.78. The van der Waals surface area contributed by atoms with Gasteiger partial charge in [0, 0.05) is 25.2 Å². The number of ether oxygens (including phenoxy) is 1. The molecule has 0 bridgehead atoms. The predicted molar refractivity (Wildman–Crippen MR) is 100 cm³/mol. The van der Waals surface area contributed by atoms with E-state index in [-0.39, 0.29) is 31.4 Å². The molecule has 2 aliphatic rings. The summed E-state index contributed by atoms with van der Waals surface area (Å²) >= 11 is 0. The Kier molecular flexibility index (Phi) is 5.14. The molecule has 2 aromatic rings. The van der Waals surface area contributed by atoms with Crippen LogP contribution in [0.1, 0.15) is 24.2 Å². The highest BCUT2D eigenvalue weighted by molar-refractivity contribution is 5.96. The van der Waals surface area contributed by atoms with Crippen LogP contribution in [-0.2, 0) is 32.1 Å². The Bertz CT molecular complexity index is 877. The first-order valence-corrected chi connectivity index (χ1v) is 9.47. The van der Waals surface area contributed by atoms with Crippen molar-refractivity contribution < 1.29 is 23.5 Å². The van der Waals surface area contributed by atoms with Crippen molar-refractivity contribution in [1.82, 2.24) is 4.90 Å². The number of rotatable bonds is 5. The number of para-hydroxylation sites is 1. The third-order valence-electron chi connectivity index (χ3n) is 5.22. The van der Waals surface area contributed by atoms with E-state index in [0.717, 1.165) is 24.1 Å². The molecule has 0 saturated carbocycles. The molecule has 0 aliphatic carbocycles. The van der Waals surface area contributed by atoms with Crippen LogP contribution in [0.3, 0.4) is 0 Å². The fraction of sp³-hybridized carbons (Fsp3) is 0.381. The summed E-state index contributed by atoms with van der Waals surface area (Å²) in [5.41, 5.74) is 2.01. The van der Waals surface area contributed by atoms with E-state index >= 15 is 0 Å². The number of nitrogens with zero attached hydrogens (tertiary/aromatic N) is 2. The molecule has 2 amide bonds. The second-order valence-electron chi connectivity index (χ2n) is 7.14. The molecule has 0 radical (unpaired) electrons. The molecule has 0 spiro atoms. The van der Waals surface area contributed by atoms with Crippen LogP contribution in [0.15, 0.2) is 47.1 Å². The number of carbonyl (C=O) groups is 3. The Morgan fingerprint density at radius 2 is 2.04 bits per heavy atom. The maximum atomic E-state index is 12.6. The quantitative estimate of drug-likeness (QED) is 0.741. The summed E-state index contributed by atoms with van der Waals surface area (Å²) in [6.45, 7) is 0.917. The lowest BCUT2D eigenvalue weighted by molar-refractivity contribution is -0.151. The molecule has 1 fully saturated rings. The van der Waals surface area contributed by atoms with Crippen molar-refractivity contribution in [2.24, 2.45) is 5.92 Å². The van der Waals surface area contributed by atoms with Gasteiger partial charge in [0.15, 0.2) is 6.61 Å². The zero-order valence-corrected chi connectivity index (χ0v) is 15.5. The van der Waals surface area contributed by atoms with Gasteiger partial charge < -0.3 is 19.0 Å². The summed E-state index contributed by atoms with van der Waals surface area (Å²) < 4.78 is 10.5. The van der Waals surface area contributed by atoms with E-state index in [2.05, 4.69) is 0 Å². The lowest BCUT2D eigenvalue weighted by atomic mass is 10.0. The normalized spacial score (nSPS) is 18.9. The van der Waals surface area contributed by atoms with Gasteiger partial charge >= 0.3 is 5.97 Å². The van der Waals surface area contributed by atoms with Crippen LogP contribution in [0, 0.1) is 5.92 Å². The molecule has 2 aliphatic heterocycles. The summed E-state index contributed by atoms with van der Waals surface area (Å²) in [5, 5.41) is 0. The fourth-order valence-electron chi connectivity index (χ4n) is 3.79. The van der Waals surface area contributed by atoms with Gasteiger partial charge in [0.2, 0.25) is 5.91 Å². The summed E-state index contributed by atoms with van der Waals surface area (Å²) in [7, 11) is 0. The van der Waals surface area contributed by atoms with Gasteiger partial charge in [-0.05, 0) is 36.6 Å². The monoisotopic (exact) mass is 382 g/mol. The van der Waals surface area contributed by atoms with Gasteiger partial charge in [0.25, 0.3) is 5.91 Å². The van der Waals surface area contributed by atoms with E-state index in [1.165, 1.54) is 0 Å². The first kappa shape index (κ1) is 18.3. The molecule has 1 aromatic heterocycles. The average Bonchev–Trinajstić information content (AvgIpc) is 3.36. The molecular formula is C21H22N2O5. The highest BCUT2D eigenvalue weighted by atomic mass is 16.5. The Labute approximate surface area is 162 Å². The number of hydrogen-bond acceptors (Lipinski definition) is 5. The lowest BCUT2D eigenvalue weighted by Crippen LogP contribution is -2.39. The maximum Gasteiger partial charge on any atom is 0.311 e. The Morgan fingerprint density at radius 1 is 1.18 bits per heavy atom. The predicted octanol–water partition coefficient (Wildman–Crippen LogP) is 2.15. The van der Waals surface area contributed by atoms with Crippen LogP contribution in [0.25, 0.3) is 0 Å². The van der Waals surface area contributed by atoms with Gasteiger partial charge in [-0.25, -0.2) is 0 Å². The summed E-state index contributed by atoms with van der Waals surface area (Å²) in [6, 6.07) is 11.3. The molecule has 28 heavy (non-hydrogen) atoms. The number of fused-ring (bicyclic) bond motifs is 1. The average molecular weight is 382 g/mol. The standard InChI is InChI=1S/C21H22N2O5/c24-19-11-16(12-22(19)13-17-7-4-10-27-17)21(26)28-14-20(25)23-9-3-6-15-5-1-2-8-18(15)23/h1-2,4-5,7-8,10,16H,3,6,9,11-14H2/t16-/m0/s1. The molecule has 146 valence electrons. The second kappa shape index (κ2) is 7.88. The molecule has 0 N–H and O–H groups in total. The topological polar surface area (TPSA) is 80.1 Å². The Hall–Kier alpha value is -3.09. The minimum atomic E-state index is -0.552. The van der Waals surface area contributed by atoms with Gasteiger partial charge in [0.1, 0.15) is 5.76 Å². The third-order valence-corrected chi connectivity index (χ3v) is 5.22. The summed E-state index contributed by atoms with van der Waals surface area (Å²) in [6.07, 6.45) is 3.47. The molecule has 7 heteroatoms. The van der Waals surface area contributed by atoms with Crippen LogP contribution >= 0.6 is 0 Å². The highest BCUT2D eigenvalue weighted by Crippen LogP contribution is 2.27. The summed E-state index contributed by atoms with van der Waals surface area (Å²) in [5.74, 6) is -0.744. The maximum absolute atomic E-state index is 12.6. The fourth-order valence-corrected chi connectivity index (χ4v) is 3.79. The first-order valence-electron chi connectivity index (χ1n) is 9.47. The first-order chi connectivity index (χ1) is 13.6. The highest BCUT2D eigenvalue weighted by Gasteiger charge is 2.36. The van der Waals surface area contributed by atoms with E-state index in [4.69, 9.17) is 9.15 Å². The van der Waals surface area contributed by atoms with Crippen molar-refractivity contribution in [3.63, 3.8) is 0 Å². The molecular weight excluding hydrogens is 360 g/mol. The van der Waals surface area contributed by atoms with Crippen molar-refractivity contribution in [3.05, 3.63) is 54.0 Å². The van der Waals surface area contributed by atoms with E-state index in [9.17, 15) is 14.4 Å². The van der Waals surface area contributed by atoms with Gasteiger partial charge in [0.05, 0.1) is 18.7 Å². The van der Waals surface area contributed by atoms with Crippen molar-refractivity contribution in [2.45, 2.75) is 25.8 Å². The number of anilines is 1. The van der Waals surface area contributed by atoms with E-state index in [0.29, 0.717) is 18.8 Å². The number of furan rings is 1. The second-order valence-corrected chi connectivity index (χ2v) is 7.14. The van der Waals surface area contributed by atoms with Crippen LogP contribution in [0.5, 0.6) is 0 Å². The van der Waals surface area contributed by atoms with Gasteiger partial charge in [-0.3, -0.25) is 14.4 Å². The molecule has 4 rings (SSSR count). The van der Waals surface area contributed by atoms with E-state index in [1.807, 2.05) is 24.3 Å². The minimum Gasteiger partial charge on any atom is -0.467 e. The number of esters is 1. The van der Waals surface area contributed by atoms with Gasteiger partial charge in [-0.15, -0.1) is 0 Å². The number of benzene rings is 1. The van der Waals surface area contributed by atoms with Crippen molar-refractivity contribution >= 4 is 23.5 Å². The van der Waals surface area contributed by atoms with Crippen molar-refractivity contribution in [1.29, 1.82) is 0 Å². The lowest BCUT2D eigenvalue weighted by Gasteiger charge is -2.29. The Morgan fingerprint density at radius 3 is 2.86 bits per heavy atom. The molecule has 1 aromatic carbocycles. The number of likely N-dealkylation sites (tertiary alicyclic amines) is 1. The largest absolute Gasteiger partial charge is 0.467 e. The zero-order valence-electron chi connectivity index (χ0n) is 15.5.